The van der Waals surface area contributed by atoms with Crippen LogP contribution in [0.25, 0.3) is 11.3 Å². The Labute approximate surface area is 159 Å². The molecule has 1 aliphatic carbocycles. The second-order valence-corrected chi connectivity index (χ2v) is 6.91. The summed E-state index contributed by atoms with van der Waals surface area (Å²) >= 11 is 0. The lowest BCUT2D eigenvalue weighted by Gasteiger charge is -2.13. The van der Waals surface area contributed by atoms with E-state index in [9.17, 15) is 4.79 Å². The van der Waals surface area contributed by atoms with Gasteiger partial charge in [0, 0.05) is 24.2 Å². The summed E-state index contributed by atoms with van der Waals surface area (Å²) in [6, 6.07) is 11.4. The van der Waals surface area contributed by atoms with E-state index in [2.05, 4.69) is 20.8 Å². The summed E-state index contributed by atoms with van der Waals surface area (Å²) in [7, 11) is 0. The average molecular weight is 375 g/mol. The van der Waals surface area contributed by atoms with Crippen molar-refractivity contribution >= 4 is 24.0 Å². The van der Waals surface area contributed by atoms with Crippen molar-refractivity contribution in [3.8, 4) is 17.1 Å². The summed E-state index contributed by atoms with van der Waals surface area (Å²) in [5.41, 5.74) is 2.51. The molecule has 4 rings (SSSR count). The number of nitrogens with zero attached hydrogens (tertiary/aromatic N) is 2. The summed E-state index contributed by atoms with van der Waals surface area (Å²) in [5, 5.41) is 14.7. The molecule has 138 valence electrons. The van der Waals surface area contributed by atoms with E-state index in [0.29, 0.717) is 5.88 Å². The number of aromatic nitrogens is 2. The first-order chi connectivity index (χ1) is 12.2. The van der Waals surface area contributed by atoms with Crippen molar-refractivity contribution in [2.75, 3.05) is 18.4 Å². The first kappa shape index (κ1) is 18.6. The van der Waals surface area contributed by atoms with E-state index in [4.69, 9.17) is 4.74 Å². The zero-order valence-corrected chi connectivity index (χ0v) is 15.5. The first-order valence-electron chi connectivity index (χ1n) is 8.76. The van der Waals surface area contributed by atoms with Crippen molar-refractivity contribution in [2.24, 2.45) is 11.8 Å². The van der Waals surface area contributed by atoms with Gasteiger partial charge in [-0.2, -0.15) is 0 Å². The SMILES string of the molecule is CC(=O)Nc1ccc(-c2ccc(OC3CC4CNCC4C3)nn2)cc1.Cl. The number of amides is 1. The fraction of sp³-hybridized carbons (Fsp3) is 0.421. The lowest BCUT2D eigenvalue weighted by atomic mass is 10.0. The topological polar surface area (TPSA) is 76.1 Å². The van der Waals surface area contributed by atoms with E-state index in [0.717, 1.165) is 54.7 Å². The van der Waals surface area contributed by atoms with Crippen molar-refractivity contribution in [3.05, 3.63) is 36.4 Å². The minimum absolute atomic E-state index is 0. The van der Waals surface area contributed by atoms with Gasteiger partial charge in [0.05, 0.1) is 5.69 Å². The van der Waals surface area contributed by atoms with Gasteiger partial charge in [0.15, 0.2) is 0 Å². The molecule has 1 saturated carbocycles. The monoisotopic (exact) mass is 374 g/mol. The molecule has 1 amide bonds. The van der Waals surface area contributed by atoms with Crippen LogP contribution >= 0.6 is 12.4 Å². The van der Waals surface area contributed by atoms with Gasteiger partial charge in [0.1, 0.15) is 6.10 Å². The fourth-order valence-electron chi connectivity index (χ4n) is 3.84. The molecule has 0 spiro atoms. The highest BCUT2D eigenvalue weighted by Crippen LogP contribution is 2.36. The Morgan fingerprint density at radius 3 is 2.35 bits per heavy atom. The standard InChI is InChI=1S/C19H22N4O2.ClH/c1-12(24)21-16-4-2-13(3-5-16)18-6-7-19(23-22-18)25-17-8-14-10-20-11-15(14)9-17;/h2-7,14-15,17,20H,8-11H2,1H3,(H,21,24);1H. The lowest BCUT2D eigenvalue weighted by molar-refractivity contribution is -0.114. The summed E-state index contributed by atoms with van der Waals surface area (Å²) in [4.78, 5) is 11.1. The van der Waals surface area contributed by atoms with E-state index in [-0.39, 0.29) is 24.4 Å². The molecule has 2 aliphatic rings. The number of nitrogens with one attached hydrogen (secondary N) is 2. The number of hydrogen-bond acceptors (Lipinski definition) is 5. The highest BCUT2D eigenvalue weighted by Gasteiger charge is 2.38. The maximum atomic E-state index is 11.1. The Hall–Kier alpha value is -2.18. The molecule has 1 saturated heterocycles. The number of ether oxygens (including phenoxy) is 1. The third kappa shape index (κ3) is 4.14. The highest BCUT2D eigenvalue weighted by molar-refractivity contribution is 5.88. The predicted molar refractivity (Wildman–Crippen MR) is 103 cm³/mol. The van der Waals surface area contributed by atoms with E-state index >= 15 is 0 Å². The molecule has 1 aromatic carbocycles. The fourth-order valence-corrected chi connectivity index (χ4v) is 3.84. The van der Waals surface area contributed by atoms with Gasteiger partial charge in [-0.15, -0.1) is 22.6 Å². The van der Waals surface area contributed by atoms with Crippen LogP contribution in [0.1, 0.15) is 19.8 Å². The maximum Gasteiger partial charge on any atom is 0.233 e. The molecule has 26 heavy (non-hydrogen) atoms. The molecule has 0 bridgehead atoms. The van der Waals surface area contributed by atoms with Crippen LogP contribution in [0.4, 0.5) is 5.69 Å². The zero-order valence-electron chi connectivity index (χ0n) is 14.6. The molecule has 2 aromatic rings. The van der Waals surface area contributed by atoms with Crippen LogP contribution in [-0.2, 0) is 4.79 Å². The summed E-state index contributed by atoms with van der Waals surface area (Å²) < 4.78 is 6.02. The Bertz CT molecular complexity index is 739. The molecule has 1 aromatic heterocycles. The molecule has 2 atom stereocenters. The summed E-state index contributed by atoms with van der Waals surface area (Å²) in [6.45, 7) is 3.72. The summed E-state index contributed by atoms with van der Waals surface area (Å²) in [5.74, 6) is 2.01. The number of rotatable bonds is 4. The molecule has 0 radical (unpaired) electrons. The van der Waals surface area contributed by atoms with Gasteiger partial charge >= 0.3 is 0 Å². The highest BCUT2D eigenvalue weighted by atomic mass is 35.5. The smallest absolute Gasteiger partial charge is 0.233 e. The first-order valence-corrected chi connectivity index (χ1v) is 8.76. The summed E-state index contributed by atoms with van der Waals surface area (Å²) in [6.07, 6.45) is 2.46. The van der Waals surface area contributed by atoms with Gasteiger partial charge in [-0.1, -0.05) is 12.1 Å². The maximum absolute atomic E-state index is 11.1. The molecular weight excluding hydrogens is 352 g/mol. The number of carbonyl (C=O) groups excluding carboxylic acids is 1. The van der Waals surface area contributed by atoms with Gasteiger partial charge in [-0.05, 0) is 56.0 Å². The van der Waals surface area contributed by atoms with Crippen LogP contribution in [-0.4, -0.2) is 35.3 Å². The number of benzene rings is 1. The lowest BCUT2D eigenvalue weighted by Crippen LogP contribution is -2.19. The molecule has 2 N–H and O–H groups in total. The van der Waals surface area contributed by atoms with Crippen LogP contribution in [0.3, 0.4) is 0 Å². The van der Waals surface area contributed by atoms with Gasteiger partial charge in [-0.3, -0.25) is 4.79 Å². The second kappa shape index (κ2) is 8.01. The van der Waals surface area contributed by atoms with E-state index in [1.165, 1.54) is 6.92 Å². The second-order valence-electron chi connectivity index (χ2n) is 6.91. The van der Waals surface area contributed by atoms with E-state index in [1.54, 1.807) is 0 Å². The molecule has 2 fully saturated rings. The zero-order chi connectivity index (χ0) is 17.2. The van der Waals surface area contributed by atoms with Crippen molar-refractivity contribution < 1.29 is 9.53 Å². The van der Waals surface area contributed by atoms with Gasteiger partial charge in [-0.25, -0.2) is 0 Å². The Kier molecular flexibility index (Phi) is 5.74. The largest absolute Gasteiger partial charge is 0.473 e. The predicted octanol–water partition coefficient (Wildman–Crippen LogP) is 2.90. The Morgan fingerprint density at radius 1 is 1.08 bits per heavy atom. The van der Waals surface area contributed by atoms with Gasteiger partial charge in [0.25, 0.3) is 0 Å². The number of halogens is 1. The minimum Gasteiger partial charge on any atom is -0.473 e. The van der Waals surface area contributed by atoms with Gasteiger partial charge in [0.2, 0.25) is 11.8 Å². The Morgan fingerprint density at radius 2 is 1.77 bits per heavy atom. The third-order valence-corrected chi connectivity index (χ3v) is 5.04. The van der Waals surface area contributed by atoms with Crippen LogP contribution in [0.5, 0.6) is 5.88 Å². The van der Waals surface area contributed by atoms with Crippen LogP contribution in [0, 0.1) is 11.8 Å². The number of carbonyl (C=O) groups is 1. The number of hydrogen-bond donors (Lipinski definition) is 2. The van der Waals surface area contributed by atoms with Crippen molar-refractivity contribution in [2.45, 2.75) is 25.9 Å². The van der Waals surface area contributed by atoms with Crippen LogP contribution in [0.2, 0.25) is 0 Å². The quantitative estimate of drug-likeness (QED) is 0.860. The minimum atomic E-state index is -0.0825. The third-order valence-electron chi connectivity index (χ3n) is 5.04. The van der Waals surface area contributed by atoms with E-state index in [1.807, 2.05) is 36.4 Å². The van der Waals surface area contributed by atoms with Crippen LogP contribution in [0.15, 0.2) is 36.4 Å². The van der Waals surface area contributed by atoms with Crippen molar-refractivity contribution in [1.29, 1.82) is 0 Å². The number of anilines is 1. The molecule has 6 nitrogen and oxygen atoms in total. The Balaban J connectivity index is 0.00000196. The normalized spacial score (nSPS) is 23.8. The molecule has 2 heterocycles. The van der Waals surface area contributed by atoms with Gasteiger partial charge < -0.3 is 15.4 Å². The molecule has 1 aliphatic heterocycles. The number of fused-ring (bicyclic) bond motifs is 1. The molecule has 7 heteroatoms. The van der Waals surface area contributed by atoms with Crippen molar-refractivity contribution in [3.63, 3.8) is 0 Å². The average Bonchev–Trinajstić information content (AvgIpc) is 3.17. The van der Waals surface area contributed by atoms with Crippen LogP contribution < -0.4 is 15.4 Å². The van der Waals surface area contributed by atoms with Crippen molar-refractivity contribution in [1.82, 2.24) is 15.5 Å². The molecule has 2 unspecified atom stereocenters. The van der Waals surface area contributed by atoms with E-state index < -0.39 is 0 Å². The molecular formula is C19H23ClN4O2.